The molecule has 0 saturated carbocycles. The highest BCUT2D eigenvalue weighted by Crippen LogP contribution is 2.12. The molecule has 1 amide bonds. The predicted molar refractivity (Wildman–Crippen MR) is 62.9 cm³/mol. The van der Waals surface area contributed by atoms with Gasteiger partial charge in [-0.05, 0) is 24.3 Å². The van der Waals surface area contributed by atoms with Crippen molar-refractivity contribution in [1.29, 1.82) is 5.26 Å². The third-order valence-corrected chi connectivity index (χ3v) is 4.13. The van der Waals surface area contributed by atoms with E-state index in [0.717, 1.165) is 0 Å². The normalized spacial score (nSPS) is 19.3. The van der Waals surface area contributed by atoms with Crippen LogP contribution in [-0.4, -0.2) is 26.9 Å². The molecule has 1 fully saturated rings. The average Bonchev–Trinajstić information content (AvgIpc) is 2.74. The van der Waals surface area contributed by atoms with E-state index in [2.05, 4.69) is 10.0 Å². The number of rotatable bonds is 3. The highest BCUT2D eigenvalue weighted by atomic mass is 32.2. The van der Waals surface area contributed by atoms with Crippen LogP contribution < -0.4 is 10.0 Å². The lowest BCUT2D eigenvalue weighted by atomic mass is 10.2. The Morgan fingerprint density at radius 3 is 2.50 bits per heavy atom. The van der Waals surface area contributed by atoms with E-state index in [0.29, 0.717) is 12.1 Å². The lowest BCUT2D eigenvalue weighted by molar-refractivity contribution is -0.119. The van der Waals surface area contributed by atoms with Gasteiger partial charge in [0.1, 0.15) is 0 Å². The monoisotopic (exact) mass is 265 g/mol. The summed E-state index contributed by atoms with van der Waals surface area (Å²) >= 11 is 0. The average molecular weight is 265 g/mol. The van der Waals surface area contributed by atoms with Crippen LogP contribution in [0.15, 0.2) is 29.2 Å². The largest absolute Gasteiger partial charge is 0.354 e. The number of hydrogen-bond acceptors (Lipinski definition) is 4. The molecule has 6 nitrogen and oxygen atoms in total. The molecule has 1 atom stereocenters. The van der Waals surface area contributed by atoms with Crippen LogP contribution >= 0.6 is 0 Å². The third kappa shape index (κ3) is 2.67. The molecule has 7 heteroatoms. The zero-order valence-electron chi connectivity index (χ0n) is 9.38. The van der Waals surface area contributed by atoms with Crippen molar-refractivity contribution in [2.24, 2.45) is 0 Å². The summed E-state index contributed by atoms with van der Waals surface area (Å²) in [5.74, 6) is -0.164. The number of nitriles is 1. The molecule has 0 aromatic heterocycles. The van der Waals surface area contributed by atoms with Gasteiger partial charge in [0.05, 0.1) is 16.5 Å². The van der Waals surface area contributed by atoms with E-state index in [1.54, 1.807) is 0 Å². The number of benzene rings is 1. The van der Waals surface area contributed by atoms with E-state index in [9.17, 15) is 13.2 Å². The fourth-order valence-electron chi connectivity index (χ4n) is 1.68. The molecule has 0 radical (unpaired) electrons. The van der Waals surface area contributed by atoms with Gasteiger partial charge in [-0.15, -0.1) is 0 Å². The molecule has 1 saturated heterocycles. The SMILES string of the molecule is N#Cc1ccc(S(=O)(=O)NC2CNC(=O)C2)cc1. The molecule has 2 N–H and O–H groups in total. The van der Waals surface area contributed by atoms with Crippen LogP contribution in [0.25, 0.3) is 0 Å². The molecule has 2 rings (SSSR count). The summed E-state index contributed by atoms with van der Waals surface area (Å²) in [7, 11) is -3.64. The number of sulfonamides is 1. The van der Waals surface area contributed by atoms with Crippen molar-refractivity contribution in [3.05, 3.63) is 29.8 Å². The highest BCUT2D eigenvalue weighted by Gasteiger charge is 2.26. The van der Waals surface area contributed by atoms with Crippen molar-refractivity contribution in [3.63, 3.8) is 0 Å². The first-order valence-electron chi connectivity index (χ1n) is 5.30. The van der Waals surface area contributed by atoms with Crippen LogP contribution in [0.3, 0.4) is 0 Å². The Morgan fingerprint density at radius 2 is 2.00 bits per heavy atom. The van der Waals surface area contributed by atoms with Crippen LogP contribution in [0.2, 0.25) is 0 Å². The van der Waals surface area contributed by atoms with Gasteiger partial charge in [-0.3, -0.25) is 4.79 Å². The summed E-state index contributed by atoms with van der Waals surface area (Å²) in [5, 5.41) is 11.2. The number of nitrogens with zero attached hydrogens (tertiary/aromatic N) is 1. The second kappa shape index (κ2) is 4.76. The standard InChI is InChI=1S/C11H11N3O3S/c12-6-8-1-3-10(4-2-8)18(16,17)14-9-5-11(15)13-7-9/h1-4,9,14H,5,7H2,(H,13,15). The summed E-state index contributed by atoms with van der Waals surface area (Å²) in [5.41, 5.74) is 0.395. The quantitative estimate of drug-likeness (QED) is 0.785. The van der Waals surface area contributed by atoms with Gasteiger partial charge in [-0.25, -0.2) is 13.1 Å². The molecule has 0 bridgehead atoms. The molecule has 1 aromatic carbocycles. The molecule has 1 aromatic rings. The molecule has 18 heavy (non-hydrogen) atoms. The Labute approximate surface area is 105 Å². The fourth-order valence-corrected chi connectivity index (χ4v) is 2.92. The maximum atomic E-state index is 12.0. The Kier molecular flexibility index (Phi) is 3.32. The van der Waals surface area contributed by atoms with E-state index in [4.69, 9.17) is 5.26 Å². The molecule has 1 aliphatic heterocycles. The Balaban J connectivity index is 2.15. The second-order valence-corrected chi connectivity index (χ2v) is 5.68. The van der Waals surface area contributed by atoms with E-state index < -0.39 is 16.1 Å². The zero-order chi connectivity index (χ0) is 13.2. The van der Waals surface area contributed by atoms with E-state index in [1.165, 1.54) is 24.3 Å². The molecule has 0 aliphatic carbocycles. The first-order chi connectivity index (χ1) is 8.51. The van der Waals surface area contributed by atoms with E-state index >= 15 is 0 Å². The van der Waals surface area contributed by atoms with Crippen molar-refractivity contribution in [2.45, 2.75) is 17.4 Å². The fraction of sp³-hybridized carbons (Fsp3) is 0.273. The number of amides is 1. The van der Waals surface area contributed by atoms with Crippen LogP contribution in [0.1, 0.15) is 12.0 Å². The topological polar surface area (TPSA) is 99.1 Å². The van der Waals surface area contributed by atoms with Gasteiger partial charge in [-0.2, -0.15) is 5.26 Å². The van der Waals surface area contributed by atoms with Gasteiger partial charge in [0.15, 0.2) is 0 Å². The number of nitrogens with one attached hydrogen (secondary N) is 2. The van der Waals surface area contributed by atoms with Crippen molar-refractivity contribution in [2.75, 3.05) is 6.54 Å². The maximum Gasteiger partial charge on any atom is 0.240 e. The summed E-state index contributed by atoms with van der Waals surface area (Å²) in [6.07, 6.45) is 0.148. The van der Waals surface area contributed by atoms with Gasteiger partial charge in [0, 0.05) is 19.0 Å². The maximum absolute atomic E-state index is 12.0. The first-order valence-corrected chi connectivity index (χ1v) is 6.79. The third-order valence-electron chi connectivity index (χ3n) is 2.59. The molecule has 1 unspecified atom stereocenters. The van der Waals surface area contributed by atoms with Gasteiger partial charge >= 0.3 is 0 Å². The van der Waals surface area contributed by atoms with Crippen LogP contribution in [0, 0.1) is 11.3 Å². The van der Waals surface area contributed by atoms with Crippen LogP contribution in [-0.2, 0) is 14.8 Å². The minimum Gasteiger partial charge on any atom is -0.354 e. The van der Waals surface area contributed by atoms with Crippen molar-refractivity contribution < 1.29 is 13.2 Å². The highest BCUT2D eigenvalue weighted by molar-refractivity contribution is 7.89. The summed E-state index contributed by atoms with van der Waals surface area (Å²) in [6, 6.07) is 7.10. The zero-order valence-corrected chi connectivity index (χ0v) is 10.2. The smallest absolute Gasteiger partial charge is 0.240 e. The van der Waals surface area contributed by atoms with Gasteiger partial charge in [0.2, 0.25) is 15.9 Å². The lowest BCUT2D eigenvalue weighted by Gasteiger charge is -2.11. The number of hydrogen-bond donors (Lipinski definition) is 2. The predicted octanol–water partition coefficient (Wildman–Crippen LogP) is -0.275. The van der Waals surface area contributed by atoms with Crippen LogP contribution in [0.4, 0.5) is 0 Å². The first kappa shape index (κ1) is 12.5. The minimum absolute atomic E-state index is 0.0841. The van der Waals surface area contributed by atoms with Gasteiger partial charge < -0.3 is 5.32 Å². The molecular formula is C11H11N3O3S. The van der Waals surface area contributed by atoms with Crippen LogP contribution in [0.5, 0.6) is 0 Å². The second-order valence-electron chi connectivity index (χ2n) is 3.96. The summed E-state index contributed by atoms with van der Waals surface area (Å²) in [6.45, 7) is 0.300. The Hall–Kier alpha value is -1.91. The van der Waals surface area contributed by atoms with Crippen molar-refractivity contribution in [3.8, 4) is 6.07 Å². The Bertz CT molecular complexity index is 601. The summed E-state index contributed by atoms with van der Waals surface area (Å²) < 4.78 is 26.4. The molecule has 1 aliphatic rings. The lowest BCUT2D eigenvalue weighted by Crippen LogP contribution is -2.36. The molecule has 94 valence electrons. The minimum atomic E-state index is -3.64. The van der Waals surface area contributed by atoms with E-state index in [1.807, 2.05) is 6.07 Å². The van der Waals surface area contributed by atoms with Gasteiger partial charge in [-0.1, -0.05) is 0 Å². The van der Waals surface area contributed by atoms with Crippen molar-refractivity contribution >= 4 is 15.9 Å². The van der Waals surface area contributed by atoms with E-state index in [-0.39, 0.29) is 17.2 Å². The van der Waals surface area contributed by atoms with Crippen molar-refractivity contribution in [1.82, 2.24) is 10.0 Å². The molecule has 1 heterocycles. The number of carbonyl (C=O) groups excluding carboxylic acids is 1. The molecule has 0 spiro atoms. The Morgan fingerprint density at radius 1 is 1.33 bits per heavy atom. The van der Waals surface area contributed by atoms with Gasteiger partial charge in [0.25, 0.3) is 0 Å². The number of carbonyl (C=O) groups is 1. The molecular weight excluding hydrogens is 254 g/mol. The summed E-state index contributed by atoms with van der Waals surface area (Å²) in [4.78, 5) is 11.1.